The van der Waals surface area contributed by atoms with E-state index in [2.05, 4.69) is 5.32 Å². The highest BCUT2D eigenvalue weighted by Gasteiger charge is 2.19. The molecule has 7 heteroatoms. The predicted molar refractivity (Wildman–Crippen MR) is 71.7 cm³/mol. The Labute approximate surface area is 113 Å². The summed E-state index contributed by atoms with van der Waals surface area (Å²) in [4.78, 5) is 11.5. The lowest BCUT2D eigenvalue weighted by Crippen LogP contribution is -2.39. The third-order valence-electron chi connectivity index (χ3n) is 2.43. The van der Waals surface area contributed by atoms with Gasteiger partial charge in [-0.3, -0.25) is 0 Å². The second-order valence-corrected chi connectivity index (χ2v) is 5.64. The fourth-order valence-corrected chi connectivity index (χ4v) is 2.66. The van der Waals surface area contributed by atoms with Crippen molar-refractivity contribution in [3.8, 4) is 5.75 Å². The third-order valence-corrected chi connectivity index (χ3v) is 3.93. The fourth-order valence-electron chi connectivity index (χ4n) is 1.50. The zero-order chi connectivity index (χ0) is 14.5. The van der Waals surface area contributed by atoms with Crippen LogP contribution >= 0.6 is 0 Å². The molecule has 0 aliphatic rings. The van der Waals surface area contributed by atoms with Gasteiger partial charge in [-0.05, 0) is 37.1 Å². The monoisotopic (exact) mass is 286 g/mol. The standard InChI is InChI=1S/C12H18N2O4S/c1-4-7-13-12(15)14-19(16,17)11-6-5-10(18-3)8-9(11)2/h5-6,8H,4,7H2,1-3H3,(H2,13,14,15). The summed E-state index contributed by atoms with van der Waals surface area (Å²) in [6, 6.07) is 3.81. The van der Waals surface area contributed by atoms with Gasteiger partial charge in [-0.2, -0.15) is 0 Å². The molecule has 0 atom stereocenters. The number of urea groups is 1. The number of amides is 2. The number of hydrogen-bond acceptors (Lipinski definition) is 4. The van der Waals surface area contributed by atoms with Crippen molar-refractivity contribution in [2.45, 2.75) is 25.2 Å². The van der Waals surface area contributed by atoms with Crippen LogP contribution in [0.3, 0.4) is 0 Å². The molecule has 2 amide bonds. The van der Waals surface area contributed by atoms with Crippen molar-refractivity contribution in [1.29, 1.82) is 0 Å². The molecule has 1 rings (SSSR count). The first-order chi connectivity index (χ1) is 8.90. The van der Waals surface area contributed by atoms with E-state index in [1.54, 1.807) is 13.0 Å². The number of ether oxygens (including phenoxy) is 1. The Morgan fingerprint density at radius 1 is 1.37 bits per heavy atom. The van der Waals surface area contributed by atoms with Crippen molar-refractivity contribution in [2.75, 3.05) is 13.7 Å². The molecular weight excluding hydrogens is 268 g/mol. The number of aryl methyl sites for hydroxylation is 1. The van der Waals surface area contributed by atoms with Gasteiger partial charge in [0.05, 0.1) is 12.0 Å². The van der Waals surface area contributed by atoms with Crippen LogP contribution in [0.1, 0.15) is 18.9 Å². The van der Waals surface area contributed by atoms with E-state index in [1.165, 1.54) is 19.2 Å². The van der Waals surface area contributed by atoms with Crippen LogP contribution in [0.5, 0.6) is 5.75 Å². The molecule has 0 fully saturated rings. The molecule has 0 heterocycles. The van der Waals surface area contributed by atoms with Gasteiger partial charge in [0.2, 0.25) is 0 Å². The average molecular weight is 286 g/mol. The molecule has 0 spiro atoms. The van der Waals surface area contributed by atoms with Gasteiger partial charge in [0.1, 0.15) is 5.75 Å². The van der Waals surface area contributed by atoms with E-state index >= 15 is 0 Å². The minimum atomic E-state index is -3.86. The SMILES string of the molecule is CCCNC(=O)NS(=O)(=O)c1ccc(OC)cc1C. The number of sulfonamides is 1. The number of carbonyl (C=O) groups is 1. The van der Waals surface area contributed by atoms with Gasteiger partial charge in [-0.25, -0.2) is 17.9 Å². The van der Waals surface area contributed by atoms with E-state index in [0.717, 1.165) is 6.42 Å². The molecule has 0 aromatic heterocycles. The highest BCUT2D eigenvalue weighted by atomic mass is 32.2. The predicted octanol–water partition coefficient (Wildman–Crippen LogP) is 1.40. The molecule has 19 heavy (non-hydrogen) atoms. The van der Waals surface area contributed by atoms with Gasteiger partial charge in [-0.1, -0.05) is 6.92 Å². The van der Waals surface area contributed by atoms with E-state index in [4.69, 9.17) is 4.74 Å². The summed E-state index contributed by atoms with van der Waals surface area (Å²) in [5, 5.41) is 2.45. The number of rotatable bonds is 5. The Morgan fingerprint density at radius 3 is 2.58 bits per heavy atom. The van der Waals surface area contributed by atoms with Crippen LogP contribution < -0.4 is 14.8 Å². The first-order valence-electron chi connectivity index (χ1n) is 5.86. The molecular formula is C12H18N2O4S. The molecule has 0 radical (unpaired) electrons. The average Bonchev–Trinajstić information content (AvgIpc) is 2.35. The van der Waals surface area contributed by atoms with Crippen LogP contribution in [0.4, 0.5) is 4.79 Å². The molecule has 0 unspecified atom stereocenters. The highest BCUT2D eigenvalue weighted by molar-refractivity contribution is 7.90. The van der Waals surface area contributed by atoms with E-state index in [0.29, 0.717) is 17.9 Å². The quantitative estimate of drug-likeness (QED) is 0.857. The largest absolute Gasteiger partial charge is 0.497 e. The maximum absolute atomic E-state index is 12.0. The molecule has 0 aliphatic heterocycles. The van der Waals surface area contributed by atoms with E-state index in [1.807, 2.05) is 11.6 Å². The van der Waals surface area contributed by atoms with Gasteiger partial charge in [0.15, 0.2) is 0 Å². The van der Waals surface area contributed by atoms with Crippen LogP contribution in [0.15, 0.2) is 23.1 Å². The van der Waals surface area contributed by atoms with Crippen molar-refractivity contribution in [2.24, 2.45) is 0 Å². The molecule has 6 nitrogen and oxygen atoms in total. The second-order valence-electron chi connectivity index (χ2n) is 3.99. The van der Waals surface area contributed by atoms with Gasteiger partial charge in [0.25, 0.3) is 10.0 Å². The lowest BCUT2D eigenvalue weighted by molar-refractivity contribution is 0.246. The third kappa shape index (κ3) is 4.13. The highest BCUT2D eigenvalue weighted by Crippen LogP contribution is 2.20. The number of benzene rings is 1. The molecule has 0 bridgehead atoms. The second kappa shape index (κ2) is 6.42. The molecule has 106 valence electrons. The molecule has 0 aliphatic carbocycles. The Hall–Kier alpha value is -1.76. The Morgan fingerprint density at radius 2 is 2.05 bits per heavy atom. The van der Waals surface area contributed by atoms with Crippen LogP contribution in [-0.2, 0) is 10.0 Å². The lowest BCUT2D eigenvalue weighted by atomic mass is 10.2. The minimum Gasteiger partial charge on any atom is -0.497 e. The smallest absolute Gasteiger partial charge is 0.328 e. The summed E-state index contributed by atoms with van der Waals surface area (Å²) in [6.07, 6.45) is 0.731. The number of methoxy groups -OCH3 is 1. The molecule has 1 aromatic carbocycles. The molecule has 0 saturated heterocycles. The topological polar surface area (TPSA) is 84.5 Å². The summed E-state index contributed by atoms with van der Waals surface area (Å²) < 4.78 is 31.0. The van der Waals surface area contributed by atoms with Crippen molar-refractivity contribution >= 4 is 16.1 Å². The van der Waals surface area contributed by atoms with Crippen molar-refractivity contribution in [3.05, 3.63) is 23.8 Å². The number of hydrogen-bond donors (Lipinski definition) is 2. The van der Waals surface area contributed by atoms with Crippen molar-refractivity contribution in [3.63, 3.8) is 0 Å². The number of nitrogens with one attached hydrogen (secondary N) is 2. The molecule has 0 saturated carbocycles. The van der Waals surface area contributed by atoms with E-state index in [-0.39, 0.29) is 4.90 Å². The Balaban J connectivity index is 2.91. The van der Waals surface area contributed by atoms with Crippen LogP contribution in [0.25, 0.3) is 0 Å². The van der Waals surface area contributed by atoms with Gasteiger partial charge >= 0.3 is 6.03 Å². The van der Waals surface area contributed by atoms with Crippen LogP contribution in [-0.4, -0.2) is 28.1 Å². The summed E-state index contributed by atoms with van der Waals surface area (Å²) in [5.74, 6) is 0.562. The maximum atomic E-state index is 12.0. The normalized spacial score (nSPS) is 10.9. The molecule has 2 N–H and O–H groups in total. The zero-order valence-corrected chi connectivity index (χ0v) is 12.0. The summed E-state index contributed by atoms with van der Waals surface area (Å²) >= 11 is 0. The number of carbonyl (C=O) groups excluding carboxylic acids is 1. The van der Waals surface area contributed by atoms with Gasteiger partial charge in [0, 0.05) is 6.54 Å². The zero-order valence-electron chi connectivity index (χ0n) is 11.2. The van der Waals surface area contributed by atoms with Gasteiger partial charge in [-0.15, -0.1) is 0 Å². The Bertz CT molecular complexity index is 555. The van der Waals surface area contributed by atoms with E-state index < -0.39 is 16.1 Å². The molecule has 1 aromatic rings. The van der Waals surface area contributed by atoms with Crippen LogP contribution in [0, 0.1) is 6.92 Å². The minimum absolute atomic E-state index is 0.0555. The van der Waals surface area contributed by atoms with Crippen molar-refractivity contribution < 1.29 is 17.9 Å². The van der Waals surface area contributed by atoms with Gasteiger partial charge < -0.3 is 10.1 Å². The first-order valence-corrected chi connectivity index (χ1v) is 7.34. The van der Waals surface area contributed by atoms with Crippen LogP contribution in [0.2, 0.25) is 0 Å². The van der Waals surface area contributed by atoms with Crippen molar-refractivity contribution in [1.82, 2.24) is 10.0 Å². The Kier molecular flexibility index (Phi) is 5.17. The fraction of sp³-hybridized carbons (Fsp3) is 0.417. The summed E-state index contributed by atoms with van der Waals surface area (Å²) in [7, 11) is -2.36. The first kappa shape index (κ1) is 15.3. The summed E-state index contributed by atoms with van der Waals surface area (Å²) in [5.41, 5.74) is 0.509. The summed E-state index contributed by atoms with van der Waals surface area (Å²) in [6.45, 7) is 3.94. The maximum Gasteiger partial charge on any atom is 0.328 e. The lowest BCUT2D eigenvalue weighted by Gasteiger charge is -2.11. The van der Waals surface area contributed by atoms with E-state index in [9.17, 15) is 13.2 Å².